The van der Waals surface area contributed by atoms with Crippen LogP contribution in [0, 0.1) is 5.41 Å². The first kappa shape index (κ1) is 12.5. The molecular formula is C12H19ClN2. The molecule has 0 aliphatic carbocycles. The summed E-state index contributed by atoms with van der Waals surface area (Å²) in [5, 5.41) is 0.681. The van der Waals surface area contributed by atoms with Crippen molar-refractivity contribution in [1.82, 2.24) is 0 Å². The molecule has 2 nitrogen and oxygen atoms in total. The SMILES string of the molecule is CC(C)(C)C(N)(CN)c1ccccc1Cl. The van der Waals surface area contributed by atoms with Gasteiger partial charge in [-0.2, -0.15) is 0 Å². The molecule has 1 aromatic carbocycles. The lowest BCUT2D eigenvalue weighted by Crippen LogP contribution is -2.54. The molecule has 0 aliphatic heterocycles. The Hall–Kier alpha value is -0.570. The molecule has 15 heavy (non-hydrogen) atoms. The zero-order chi connectivity index (χ0) is 11.7. The van der Waals surface area contributed by atoms with E-state index in [-0.39, 0.29) is 5.41 Å². The van der Waals surface area contributed by atoms with E-state index in [1.54, 1.807) is 0 Å². The monoisotopic (exact) mass is 226 g/mol. The van der Waals surface area contributed by atoms with Gasteiger partial charge in [0.1, 0.15) is 0 Å². The smallest absolute Gasteiger partial charge is 0.0597 e. The average Bonchev–Trinajstić information content (AvgIpc) is 2.15. The second kappa shape index (κ2) is 4.12. The van der Waals surface area contributed by atoms with E-state index in [9.17, 15) is 0 Å². The van der Waals surface area contributed by atoms with E-state index in [0.717, 1.165) is 5.56 Å². The number of nitrogens with two attached hydrogens (primary N) is 2. The summed E-state index contributed by atoms with van der Waals surface area (Å²) in [6, 6.07) is 7.62. The predicted molar refractivity (Wildman–Crippen MR) is 65.8 cm³/mol. The van der Waals surface area contributed by atoms with Crippen molar-refractivity contribution in [3.63, 3.8) is 0 Å². The number of hydrogen-bond acceptors (Lipinski definition) is 2. The van der Waals surface area contributed by atoms with Gasteiger partial charge < -0.3 is 11.5 Å². The van der Waals surface area contributed by atoms with Crippen molar-refractivity contribution in [2.75, 3.05) is 6.54 Å². The van der Waals surface area contributed by atoms with E-state index in [1.165, 1.54) is 0 Å². The summed E-state index contributed by atoms with van der Waals surface area (Å²) in [4.78, 5) is 0. The summed E-state index contributed by atoms with van der Waals surface area (Å²) in [5.41, 5.74) is 12.4. The number of benzene rings is 1. The van der Waals surface area contributed by atoms with Gasteiger partial charge in [0.05, 0.1) is 5.54 Å². The average molecular weight is 227 g/mol. The quantitative estimate of drug-likeness (QED) is 0.814. The zero-order valence-electron chi connectivity index (χ0n) is 9.55. The van der Waals surface area contributed by atoms with E-state index in [4.69, 9.17) is 23.1 Å². The first-order valence-corrected chi connectivity index (χ1v) is 5.44. The van der Waals surface area contributed by atoms with Crippen LogP contribution in [0.2, 0.25) is 5.02 Å². The summed E-state index contributed by atoms with van der Waals surface area (Å²) >= 11 is 6.16. The maximum Gasteiger partial charge on any atom is 0.0597 e. The molecule has 0 amide bonds. The van der Waals surface area contributed by atoms with Gasteiger partial charge in [0.15, 0.2) is 0 Å². The van der Waals surface area contributed by atoms with Gasteiger partial charge in [-0.25, -0.2) is 0 Å². The van der Waals surface area contributed by atoms with Crippen molar-refractivity contribution >= 4 is 11.6 Å². The van der Waals surface area contributed by atoms with E-state index in [2.05, 4.69) is 20.8 Å². The summed E-state index contributed by atoms with van der Waals surface area (Å²) < 4.78 is 0. The van der Waals surface area contributed by atoms with E-state index < -0.39 is 5.54 Å². The minimum atomic E-state index is -0.592. The van der Waals surface area contributed by atoms with Gasteiger partial charge in [-0.15, -0.1) is 0 Å². The molecule has 0 saturated heterocycles. The molecule has 1 unspecified atom stereocenters. The van der Waals surface area contributed by atoms with Crippen LogP contribution in [-0.2, 0) is 5.54 Å². The Morgan fingerprint density at radius 3 is 2.13 bits per heavy atom. The van der Waals surface area contributed by atoms with Gasteiger partial charge in [0.2, 0.25) is 0 Å². The van der Waals surface area contributed by atoms with Crippen LogP contribution in [0.3, 0.4) is 0 Å². The van der Waals surface area contributed by atoms with Crippen LogP contribution in [0.5, 0.6) is 0 Å². The van der Waals surface area contributed by atoms with Gasteiger partial charge in [-0.1, -0.05) is 50.6 Å². The van der Waals surface area contributed by atoms with Crippen molar-refractivity contribution in [2.24, 2.45) is 16.9 Å². The van der Waals surface area contributed by atoms with Gasteiger partial charge in [-0.05, 0) is 17.0 Å². The largest absolute Gasteiger partial charge is 0.328 e. The molecule has 0 fully saturated rings. The molecule has 0 saturated carbocycles. The summed E-state index contributed by atoms with van der Waals surface area (Å²) in [5.74, 6) is 0. The first-order chi connectivity index (χ1) is 6.83. The van der Waals surface area contributed by atoms with Crippen LogP contribution in [0.1, 0.15) is 26.3 Å². The molecule has 0 heterocycles. The Kier molecular flexibility index (Phi) is 3.44. The van der Waals surface area contributed by atoms with Crippen LogP contribution in [0.4, 0.5) is 0 Å². The zero-order valence-corrected chi connectivity index (χ0v) is 10.3. The standard InChI is InChI=1S/C12H19ClN2/c1-11(2,3)12(15,8-14)9-6-4-5-7-10(9)13/h4-7H,8,14-15H2,1-3H3. The lowest BCUT2D eigenvalue weighted by atomic mass is 9.70. The van der Waals surface area contributed by atoms with Crippen molar-refractivity contribution in [3.8, 4) is 0 Å². The first-order valence-electron chi connectivity index (χ1n) is 5.07. The summed E-state index contributed by atoms with van der Waals surface area (Å²) in [7, 11) is 0. The van der Waals surface area contributed by atoms with E-state index in [1.807, 2.05) is 24.3 Å². The van der Waals surface area contributed by atoms with Crippen LogP contribution >= 0.6 is 11.6 Å². The molecule has 4 N–H and O–H groups in total. The van der Waals surface area contributed by atoms with Gasteiger partial charge in [0, 0.05) is 11.6 Å². The molecule has 84 valence electrons. The van der Waals surface area contributed by atoms with Crippen LogP contribution in [0.25, 0.3) is 0 Å². The van der Waals surface area contributed by atoms with Crippen LogP contribution in [0.15, 0.2) is 24.3 Å². The van der Waals surface area contributed by atoms with Crippen molar-refractivity contribution in [1.29, 1.82) is 0 Å². The third kappa shape index (κ3) is 2.17. The molecular weight excluding hydrogens is 208 g/mol. The molecule has 0 spiro atoms. The molecule has 0 bridgehead atoms. The highest BCUT2D eigenvalue weighted by Crippen LogP contribution is 2.39. The normalized spacial score (nSPS) is 16.1. The van der Waals surface area contributed by atoms with Gasteiger partial charge in [0.25, 0.3) is 0 Å². The van der Waals surface area contributed by atoms with E-state index in [0.29, 0.717) is 11.6 Å². The Labute approximate surface area is 96.6 Å². The highest BCUT2D eigenvalue weighted by atomic mass is 35.5. The van der Waals surface area contributed by atoms with Crippen LogP contribution < -0.4 is 11.5 Å². The summed E-state index contributed by atoms with van der Waals surface area (Å²) in [6.07, 6.45) is 0. The minimum Gasteiger partial charge on any atom is -0.328 e. The van der Waals surface area contributed by atoms with Gasteiger partial charge >= 0.3 is 0 Å². The van der Waals surface area contributed by atoms with E-state index >= 15 is 0 Å². The molecule has 1 aromatic rings. The lowest BCUT2D eigenvalue weighted by molar-refractivity contribution is 0.196. The highest BCUT2D eigenvalue weighted by molar-refractivity contribution is 6.31. The number of hydrogen-bond donors (Lipinski definition) is 2. The topological polar surface area (TPSA) is 52.0 Å². The van der Waals surface area contributed by atoms with Crippen LogP contribution in [-0.4, -0.2) is 6.54 Å². The van der Waals surface area contributed by atoms with Crippen molar-refractivity contribution in [2.45, 2.75) is 26.3 Å². The molecule has 3 heteroatoms. The fraction of sp³-hybridized carbons (Fsp3) is 0.500. The molecule has 0 radical (unpaired) electrons. The maximum atomic E-state index is 6.39. The predicted octanol–water partition coefficient (Wildman–Crippen LogP) is 2.50. The highest BCUT2D eigenvalue weighted by Gasteiger charge is 2.39. The van der Waals surface area contributed by atoms with Crippen molar-refractivity contribution in [3.05, 3.63) is 34.9 Å². The minimum absolute atomic E-state index is 0.132. The van der Waals surface area contributed by atoms with Crippen molar-refractivity contribution < 1.29 is 0 Å². The lowest BCUT2D eigenvalue weighted by Gasteiger charge is -2.41. The Morgan fingerprint density at radius 2 is 1.73 bits per heavy atom. The number of halogens is 1. The molecule has 1 atom stereocenters. The Balaban J connectivity index is 3.30. The third-order valence-corrected chi connectivity index (χ3v) is 3.34. The van der Waals surface area contributed by atoms with Gasteiger partial charge in [-0.3, -0.25) is 0 Å². The third-order valence-electron chi connectivity index (χ3n) is 3.01. The molecule has 1 rings (SSSR count). The second-order valence-corrected chi connectivity index (χ2v) is 5.31. The molecule has 0 aromatic heterocycles. The Bertz CT molecular complexity index is 344. The second-order valence-electron chi connectivity index (χ2n) is 4.91. The fourth-order valence-electron chi connectivity index (χ4n) is 1.64. The molecule has 0 aliphatic rings. The Morgan fingerprint density at radius 1 is 1.20 bits per heavy atom. The number of rotatable bonds is 2. The summed E-state index contributed by atoms with van der Waals surface area (Å²) in [6.45, 7) is 6.59. The maximum absolute atomic E-state index is 6.39. The fourth-order valence-corrected chi connectivity index (χ4v) is 1.95.